The molecular formula is C12H15BrClNO3S. The molecule has 1 aromatic carbocycles. The molecule has 1 aliphatic rings. The normalized spacial score (nSPS) is 17.4. The molecule has 0 atom stereocenters. The highest BCUT2D eigenvalue weighted by molar-refractivity contribution is 9.10. The van der Waals surface area contributed by atoms with Crippen LogP contribution < -0.4 is 4.72 Å². The first-order chi connectivity index (χ1) is 8.88. The van der Waals surface area contributed by atoms with E-state index in [1.807, 2.05) is 0 Å². The summed E-state index contributed by atoms with van der Waals surface area (Å²) in [4.78, 5) is 0.184. The first-order valence-corrected chi connectivity index (χ1v) is 8.60. The molecule has 1 aliphatic carbocycles. The van der Waals surface area contributed by atoms with Crippen LogP contribution in [0, 0.1) is 5.41 Å². The second kappa shape index (κ2) is 5.69. The molecule has 0 spiro atoms. The van der Waals surface area contributed by atoms with Crippen LogP contribution in [-0.4, -0.2) is 26.7 Å². The number of benzene rings is 1. The third kappa shape index (κ3) is 3.70. The molecule has 0 radical (unpaired) electrons. The highest BCUT2D eigenvalue weighted by Crippen LogP contribution is 2.48. The second-order valence-electron chi connectivity index (χ2n) is 4.87. The number of nitrogens with one attached hydrogen (secondary N) is 1. The fourth-order valence-corrected chi connectivity index (χ4v) is 3.74. The standard InChI is InChI=1S/C12H15BrClNO3S/c13-10-7-9(1-2-11(10)14)19(17,18)15-8-12(3-4-12)5-6-16/h1-2,7,15-16H,3-6,8H2. The highest BCUT2D eigenvalue weighted by atomic mass is 79.9. The third-order valence-electron chi connectivity index (χ3n) is 3.44. The van der Waals surface area contributed by atoms with Crippen molar-refractivity contribution in [2.75, 3.05) is 13.2 Å². The summed E-state index contributed by atoms with van der Waals surface area (Å²) in [6.07, 6.45) is 2.56. The molecule has 0 bridgehead atoms. The zero-order chi connectivity index (χ0) is 14.1. The summed E-state index contributed by atoms with van der Waals surface area (Å²) in [5.41, 5.74) is -0.0501. The molecule has 4 nitrogen and oxygen atoms in total. The summed E-state index contributed by atoms with van der Waals surface area (Å²) in [7, 11) is -3.53. The van der Waals surface area contributed by atoms with Gasteiger partial charge in [0.15, 0.2) is 0 Å². The highest BCUT2D eigenvalue weighted by Gasteiger charge is 2.42. The van der Waals surface area contributed by atoms with Gasteiger partial charge < -0.3 is 5.11 Å². The molecule has 0 aromatic heterocycles. The van der Waals surface area contributed by atoms with Crippen LogP contribution in [0.25, 0.3) is 0 Å². The molecule has 1 saturated carbocycles. The van der Waals surface area contributed by atoms with Crippen molar-refractivity contribution in [2.45, 2.75) is 24.2 Å². The lowest BCUT2D eigenvalue weighted by atomic mass is 10.0. The minimum Gasteiger partial charge on any atom is -0.396 e. The molecule has 1 fully saturated rings. The number of rotatable bonds is 6. The minimum atomic E-state index is -3.53. The lowest BCUT2D eigenvalue weighted by Gasteiger charge is -2.15. The Morgan fingerprint density at radius 1 is 1.42 bits per heavy atom. The maximum Gasteiger partial charge on any atom is 0.240 e. The smallest absolute Gasteiger partial charge is 0.240 e. The maximum atomic E-state index is 12.1. The predicted octanol–water partition coefficient (Wildman–Crippen LogP) is 2.54. The Hall–Kier alpha value is -0.140. The summed E-state index contributed by atoms with van der Waals surface area (Å²) < 4.78 is 27.4. The van der Waals surface area contributed by atoms with Gasteiger partial charge >= 0.3 is 0 Å². The zero-order valence-electron chi connectivity index (χ0n) is 10.2. The number of halogens is 2. The van der Waals surface area contributed by atoms with Crippen molar-refractivity contribution in [1.29, 1.82) is 0 Å². The van der Waals surface area contributed by atoms with Gasteiger partial charge in [0.2, 0.25) is 10.0 Å². The van der Waals surface area contributed by atoms with Crippen LogP contribution in [0.4, 0.5) is 0 Å². The number of aliphatic hydroxyl groups is 1. The van der Waals surface area contributed by atoms with Crippen molar-refractivity contribution < 1.29 is 13.5 Å². The third-order valence-corrected chi connectivity index (χ3v) is 6.05. The summed E-state index contributed by atoms with van der Waals surface area (Å²) in [6, 6.07) is 4.50. The van der Waals surface area contributed by atoms with Gasteiger partial charge in [-0.25, -0.2) is 13.1 Å². The van der Waals surface area contributed by atoms with E-state index < -0.39 is 10.0 Å². The van der Waals surface area contributed by atoms with Crippen molar-refractivity contribution in [3.63, 3.8) is 0 Å². The van der Waals surface area contributed by atoms with E-state index in [1.54, 1.807) is 6.07 Å². The van der Waals surface area contributed by atoms with Crippen molar-refractivity contribution in [3.05, 3.63) is 27.7 Å². The number of hydrogen-bond donors (Lipinski definition) is 2. The fraction of sp³-hybridized carbons (Fsp3) is 0.500. The molecular weight excluding hydrogens is 354 g/mol. The Morgan fingerprint density at radius 3 is 2.63 bits per heavy atom. The Bertz CT molecular complexity index is 572. The fourth-order valence-electron chi connectivity index (χ4n) is 1.90. The van der Waals surface area contributed by atoms with Gasteiger partial charge in [-0.2, -0.15) is 0 Å². The van der Waals surface area contributed by atoms with Crippen LogP contribution in [0.3, 0.4) is 0 Å². The van der Waals surface area contributed by atoms with E-state index in [0.717, 1.165) is 12.8 Å². The monoisotopic (exact) mass is 367 g/mol. The molecule has 0 saturated heterocycles. The largest absolute Gasteiger partial charge is 0.396 e. The van der Waals surface area contributed by atoms with Crippen molar-refractivity contribution in [3.8, 4) is 0 Å². The minimum absolute atomic E-state index is 0.0501. The topological polar surface area (TPSA) is 66.4 Å². The summed E-state index contributed by atoms with van der Waals surface area (Å²) in [5.74, 6) is 0. The predicted molar refractivity (Wildman–Crippen MR) is 77.7 cm³/mol. The van der Waals surface area contributed by atoms with E-state index in [-0.39, 0.29) is 16.9 Å². The summed E-state index contributed by atoms with van der Waals surface area (Å²) in [5, 5.41) is 9.43. The van der Waals surface area contributed by atoms with Crippen LogP contribution in [0.15, 0.2) is 27.6 Å². The summed E-state index contributed by atoms with van der Waals surface area (Å²) >= 11 is 9.05. The number of sulfonamides is 1. The maximum absolute atomic E-state index is 12.1. The van der Waals surface area contributed by atoms with Gasteiger partial charge in [0.1, 0.15) is 0 Å². The zero-order valence-corrected chi connectivity index (χ0v) is 13.4. The van der Waals surface area contributed by atoms with Crippen LogP contribution in [0.1, 0.15) is 19.3 Å². The van der Waals surface area contributed by atoms with Gasteiger partial charge in [-0.1, -0.05) is 11.6 Å². The van der Waals surface area contributed by atoms with Gasteiger partial charge in [0, 0.05) is 17.6 Å². The average molecular weight is 369 g/mol. The van der Waals surface area contributed by atoms with Crippen molar-refractivity contribution in [1.82, 2.24) is 4.72 Å². The lowest BCUT2D eigenvalue weighted by molar-refractivity contribution is 0.249. The lowest BCUT2D eigenvalue weighted by Crippen LogP contribution is -2.30. The van der Waals surface area contributed by atoms with E-state index in [2.05, 4.69) is 20.7 Å². The first-order valence-electron chi connectivity index (χ1n) is 5.94. The van der Waals surface area contributed by atoms with Gasteiger partial charge in [-0.15, -0.1) is 0 Å². The van der Waals surface area contributed by atoms with Crippen molar-refractivity contribution >= 4 is 37.6 Å². The van der Waals surface area contributed by atoms with E-state index >= 15 is 0 Å². The summed E-state index contributed by atoms with van der Waals surface area (Å²) in [6.45, 7) is 0.463. The van der Waals surface area contributed by atoms with Gasteiger partial charge in [-0.3, -0.25) is 0 Å². The van der Waals surface area contributed by atoms with Crippen LogP contribution >= 0.6 is 27.5 Å². The molecule has 0 heterocycles. The Kier molecular flexibility index (Phi) is 4.57. The Balaban J connectivity index is 2.08. The first kappa shape index (κ1) is 15.3. The molecule has 0 amide bonds. The van der Waals surface area contributed by atoms with Gasteiger partial charge in [0.05, 0.1) is 9.92 Å². The van der Waals surface area contributed by atoms with E-state index in [4.69, 9.17) is 16.7 Å². The second-order valence-corrected chi connectivity index (χ2v) is 7.90. The molecule has 7 heteroatoms. The van der Waals surface area contributed by atoms with Crippen LogP contribution in [0.5, 0.6) is 0 Å². The molecule has 19 heavy (non-hydrogen) atoms. The number of hydrogen-bond acceptors (Lipinski definition) is 3. The average Bonchev–Trinajstić information content (AvgIpc) is 3.11. The van der Waals surface area contributed by atoms with E-state index in [9.17, 15) is 8.42 Å². The van der Waals surface area contributed by atoms with Gasteiger partial charge in [-0.05, 0) is 58.8 Å². The quantitative estimate of drug-likeness (QED) is 0.811. The van der Waals surface area contributed by atoms with Crippen molar-refractivity contribution in [2.24, 2.45) is 5.41 Å². The molecule has 2 rings (SSSR count). The molecule has 1 aromatic rings. The number of aliphatic hydroxyl groups excluding tert-OH is 1. The molecule has 0 aliphatic heterocycles. The Morgan fingerprint density at radius 2 is 2.11 bits per heavy atom. The molecule has 0 unspecified atom stereocenters. The van der Waals surface area contributed by atoms with E-state index in [0.29, 0.717) is 22.5 Å². The van der Waals surface area contributed by atoms with Crippen LogP contribution in [0.2, 0.25) is 5.02 Å². The van der Waals surface area contributed by atoms with Gasteiger partial charge in [0.25, 0.3) is 0 Å². The van der Waals surface area contributed by atoms with E-state index in [1.165, 1.54) is 12.1 Å². The SMILES string of the molecule is O=S(=O)(NCC1(CCO)CC1)c1ccc(Cl)c(Br)c1. The Labute approximate surface area is 126 Å². The van der Waals surface area contributed by atoms with Crippen LogP contribution in [-0.2, 0) is 10.0 Å². The molecule has 2 N–H and O–H groups in total. The molecule has 106 valence electrons.